The van der Waals surface area contributed by atoms with Crippen molar-refractivity contribution in [1.82, 2.24) is 0 Å². The first-order valence-electron chi connectivity index (χ1n) is 9.34. The van der Waals surface area contributed by atoms with Crippen LogP contribution in [0.1, 0.15) is 70.7 Å². The molecule has 25 heavy (non-hydrogen) atoms. The Balaban J connectivity index is 2.33. The Hall–Kier alpha value is -1.82. The van der Waals surface area contributed by atoms with Crippen molar-refractivity contribution in [3.05, 3.63) is 82.5 Å². The van der Waals surface area contributed by atoms with Gasteiger partial charge in [0.1, 0.15) is 0 Å². The van der Waals surface area contributed by atoms with Crippen LogP contribution in [0.15, 0.2) is 60.2 Å². The van der Waals surface area contributed by atoms with E-state index in [-0.39, 0.29) is 10.8 Å². The largest absolute Gasteiger partial charge is 0.213 e. The van der Waals surface area contributed by atoms with E-state index in [9.17, 15) is 0 Å². The fraction of sp³-hybridized carbons (Fsp3) is 0.440. The zero-order chi connectivity index (χ0) is 18.8. The predicted octanol–water partition coefficient (Wildman–Crippen LogP) is 7.01. The molecule has 136 valence electrons. The summed E-state index contributed by atoms with van der Waals surface area (Å²) >= 11 is 0. The minimum atomic E-state index is 0.168. The van der Waals surface area contributed by atoms with Gasteiger partial charge in [-0.05, 0) is 24.3 Å². The van der Waals surface area contributed by atoms with Crippen LogP contribution in [0.2, 0.25) is 0 Å². The molecular formula is C25H34-2. The summed E-state index contributed by atoms with van der Waals surface area (Å²) in [6, 6.07) is 13.4. The highest BCUT2D eigenvalue weighted by Gasteiger charge is 2.17. The average molecular weight is 335 g/mol. The minimum Gasteiger partial charge on any atom is -0.213 e. The topological polar surface area (TPSA) is 0 Å². The highest BCUT2D eigenvalue weighted by atomic mass is 14.3. The van der Waals surface area contributed by atoms with Crippen LogP contribution in [0.3, 0.4) is 0 Å². The van der Waals surface area contributed by atoms with E-state index < -0.39 is 0 Å². The third-order valence-corrected chi connectivity index (χ3v) is 4.89. The SMILES string of the molecule is C=C(C)/C(=C/C[c-]1cc(C(C)(C)C)cc1C(C)(C)C)Cc1ccc[cH-]1. The van der Waals surface area contributed by atoms with Gasteiger partial charge in [-0.15, -0.1) is 5.56 Å². The van der Waals surface area contributed by atoms with Crippen molar-refractivity contribution in [1.29, 1.82) is 0 Å². The first-order chi connectivity index (χ1) is 11.5. The van der Waals surface area contributed by atoms with E-state index in [1.807, 2.05) is 0 Å². The molecule has 0 heteroatoms. The van der Waals surface area contributed by atoms with Gasteiger partial charge in [0.25, 0.3) is 0 Å². The van der Waals surface area contributed by atoms with Gasteiger partial charge in [0, 0.05) is 0 Å². The molecule has 0 unspecified atom stereocenters. The van der Waals surface area contributed by atoms with Crippen LogP contribution < -0.4 is 0 Å². The van der Waals surface area contributed by atoms with Crippen LogP contribution in [0, 0.1) is 0 Å². The maximum Gasteiger partial charge on any atom is -0.0260 e. The molecular weight excluding hydrogens is 300 g/mol. The van der Waals surface area contributed by atoms with Crippen LogP contribution >= 0.6 is 0 Å². The average Bonchev–Trinajstić information content (AvgIpc) is 3.11. The van der Waals surface area contributed by atoms with E-state index in [0.717, 1.165) is 12.8 Å². The maximum absolute atomic E-state index is 4.20. The lowest BCUT2D eigenvalue weighted by Crippen LogP contribution is -2.13. The molecule has 2 aromatic rings. The molecule has 0 spiro atoms. The summed E-state index contributed by atoms with van der Waals surface area (Å²) in [5.41, 5.74) is 8.61. The zero-order valence-electron chi connectivity index (χ0n) is 17.2. The number of rotatable bonds is 5. The standard InChI is InChI=1S/C25H34/c1-18(2)20(15-19-11-9-10-12-19)13-14-21-16-22(24(3,4)5)17-23(21)25(6,7)8/h9-13,16-17H,1,14-15H2,2-8H3/q-2/b20-13+. The lowest BCUT2D eigenvalue weighted by atomic mass is 9.84. The van der Waals surface area contributed by atoms with Crippen molar-refractivity contribution in [2.75, 3.05) is 0 Å². The minimum absolute atomic E-state index is 0.168. The van der Waals surface area contributed by atoms with Gasteiger partial charge in [-0.1, -0.05) is 71.6 Å². The van der Waals surface area contributed by atoms with Crippen LogP contribution in [-0.2, 0) is 23.7 Å². The molecule has 2 rings (SSSR count). The van der Waals surface area contributed by atoms with E-state index in [4.69, 9.17) is 0 Å². The Morgan fingerprint density at radius 2 is 1.84 bits per heavy atom. The summed E-state index contributed by atoms with van der Waals surface area (Å²) < 4.78 is 0. The molecule has 0 heterocycles. The third kappa shape index (κ3) is 5.08. The Labute approximate surface area is 155 Å². The van der Waals surface area contributed by atoms with E-state index in [0.29, 0.717) is 0 Å². The highest BCUT2D eigenvalue weighted by Crippen LogP contribution is 2.34. The number of hydrogen-bond donors (Lipinski definition) is 0. The van der Waals surface area contributed by atoms with Crippen molar-refractivity contribution in [3.8, 4) is 0 Å². The van der Waals surface area contributed by atoms with Crippen LogP contribution in [0.25, 0.3) is 0 Å². The maximum atomic E-state index is 4.20. The monoisotopic (exact) mass is 334 g/mol. The molecule has 0 atom stereocenters. The van der Waals surface area contributed by atoms with Gasteiger partial charge in [0.2, 0.25) is 0 Å². The predicted molar refractivity (Wildman–Crippen MR) is 112 cm³/mol. The molecule has 0 amide bonds. The number of allylic oxidation sites excluding steroid dienone is 3. The second kappa shape index (κ2) is 7.20. The Morgan fingerprint density at radius 3 is 2.32 bits per heavy atom. The molecule has 0 saturated carbocycles. The fourth-order valence-electron chi connectivity index (χ4n) is 3.24. The lowest BCUT2D eigenvalue weighted by molar-refractivity contribution is 0.577. The molecule has 0 nitrogen and oxygen atoms in total. The molecule has 0 aliphatic heterocycles. The van der Waals surface area contributed by atoms with Gasteiger partial charge in [0.15, 0.2) is 0 Å². The summed E-state index contributed by atoms with van der Waals surface area (Å²) in [6.07, 6.45) is 4.33. The molecule has 0 aromatic heterocycles. The van der Waals surface area contributed by atoms with Crippen molar-refractivity contribution >= 4 is 0 Å². The van der Waals surface area contributed by atoms with Gasteiger partial charge in [-0.25, -0.2) is 18.2 Å². The molecule has 0 radical (unpaired) electrons. The zero-order valence-corrected chi connectivity index (χ0v) is 17.2. The van der Waals surface area contributed by atoms with E-state index in [1.54, 1.807) is 0 Å². The quantitative estimate of drug-likeness (QED) is 0.407. The molecule has 0 aliphatic rings. The third-order valence-electron chi connectivity index (χ3n) is 4.89. The van der Waals surface area contributed by atoms with Crippen molar-refractivity contribution < 1.29 is 0 Å². The van der Waals surface area contributed by atoms with Gasteiger partial charge in [-0.3, -0.25) is 0 Å². The summed E-state index contributed by atoms with van der Waals surface area (Å²) in [5.74, 6) is 0. The second-order valence-electron chi connectivity index (χ2n) is 9.37. The Bertz CT molecular complexity index is 731. The van der Waals surface area contributed by atoms with Crippen molar-refractivity contribution in [2.24, 2.45) is 0 Å². The summed E-state index contributed by atoms with van der Waals surface area (Å²) in [5, 5.41) is 0. The van der Waals surface area contributed by atoms with Crippen molar-refractivity contribution in [3.63, 3.8) is 0 Å². The van der Waals surface area contributed by atoms with Crippen molar-refractivity contribution in [2.45, 2.75) is 72.1 Å². The van der Waals surface area contributed by atoms with Crippen LogP contribution in [0.5, 0.6) is 0 Å². The smallest absolute Gasteiger partial charge is 0.0260 e. The fourth-order valence-corrected chi connectivity index (χ4v) is 3.24. The summed E-state index contributed by atoms with van der Waals surface area (Å²) in [4.78, 5) is 0. The molecule has 0 fully saturated rings. The normalized spacial score (nSPS) is 13.3. The molecule has 0 aliphatic carbocycles. The Kier molecular flexibility index (Phi) is 5.62. The first kappa shape index (κ1) is 19.5. The van der Waals surface area contributed by atoms with E-state index in [2.05, 4.69) is 97.5 Å². The van der Waals surface area contributed by atoms with Crippen LogP contribution in [0.4, 0.5) is 0 Å². The van der Waals surface area contributed by atoms with E-state index in [1.165, 1.54) is 33.4 Å². The van der Waals surface area contributed by atoms with E-state index >= 15 is 0 Å². The first-order valence-corrected chi connectivity index (χ1v) is 9.34. The van der Waals surface area contributed by atoms with Gasteiger partial charge < -0.3 is 0 Å². The van der Waals surface area contributed by atoms with Gasteiger partial charge in [-0.2, -0.15) is 34.9 Å². The highest BCUT2D eigenvalue weighted by molar-refractivity contribution is 5.45. The molecule has 0 saturated heterocycles. The lowest BCUT2D eigenvalue weighted by Gasteiger charge is -2.27. The second-order valence-corrected chi connectivity index (χ2v) is 9.37. The van der Waals surface area contributed by atoms with Crippen LogP contribution in [-0.4, -0.2) is 0 Å². The molecule has 0 N–H and O–H groups in total. The number of hydrogen-bond acceptors (Lipinski definition) is 0. The summed E-state index contributed by atoms with van der Waals surface area (Å²) in [6.45, 7) is 20.1. The van der Waals surface area contributed by atoms with Gasteiger partial charge in [0.05, 0.1) is 0 Å². The molecule has 2 aromatic carbocycles. The summed E-state index contributed by atoms with van der Waals surface area (Å²) in [7, 11) is 0. The van der Waals surface area contributed by atoms with Gasteiger partial charge >= 0.3 is 0 Å². The molecule has 0 bridgehead atoms. The Morgan fingerprint density at radius 1 is 1.16 bits per heavy atom.